The Labute approximate surface area is 169 Å². The standard InChI is InChI=1S/C22H24N4O3/c1-16-6-8-17(9-7-16)21-23-20(24-29-21)15-25-10-12-26(13-11-25)22(27)18-4-3-5-19(14-18)28-2/h3-9,14H,10-13,15H2,1-2H3. The van der Waals surface area contributed by atoms with Gasteiger partial charge in [0.2, 0.25) is 0 Å². The lowest BCUT2D eigenvalue weighted by Gasteiger charge is -2.34. The highest BCUT2D eigenvalue weighted by molar-refractivity contribution is 5.94. The largest absolute Gasteiger partial charge is 0.497 e. The van der Waals surface area contributed by atoms with Crippen LogP contribution in [0.4, 0.5) is 0 Å². The summed E-state index contributed by atoms with van der Waals surface area (Å²) in [6.07, 6.45) is 0. The number of hydrogen-bond donors (Lipinski definition) is 0. The third-order valence-corrected chi connectivity index (χ3v) is 5.11. The number of piperazine rings is 1. The quantitative estimate of drug-likeness (QED) is 0.665. The normalized spacial score (nSPS) is 14.8. The molecule has 4 rings (SSSR count). The molecule has 7 nitrogen and oxygen atoms in total. The minimum atomic E-state index is 0.0322. The fourth-order valence-corrected chi connectivity index (χ4v) is 3.38. The third-order valence-electron chi connectivity index (χ3n) is 5.11. The number of aryl methyl sites for hydroxylation is 1. The molecular weight excluding hydrogens is 368 g/mol. The second-order valence-electron chi connectivity index (χ2n) is 7.18. The fraction of sp³-hybridized carbons (Fsp3) is 0.318. The molecule has 150 valence electrons. The van der Waals surface area contributed by atoms with Crippen LogP contribution >= 0.6 is 0 Å². The van der Waals surface area contributed by atoms with Gasteiger partial charge in [0.05, 0.1) is 13.7 Å². The predicted molar refractivity (Wildman–Crippen MR) is 109 cm³/mol. The zero-order chi connectivity index (χ0) is 20.2. The van der Waals surface area contributed by atoms with Crippen molar-refractivity contribution in [3.8, 4) is 17.2 Å². The SMILES string of the molecule is COc1cccc(C(=O)N2CCN(Cc3noc(-c4ccc(C)cc4)n3)CC2)c1. The molecule has 0 aliphatic carbocycles. The topological polar surface area (TPSA) is 71.7 Å². The van der Waals surface area contributed by atoms with E-state index in [1.54, 1.807) is 13.2 Å². The number of carbonyl (C=O) groups excluding carboxylic acids is 1. The van der Waals surface area contributed by atoms with Crippen molar-refractivity contribution in [2.45, 2.75) is 13.5 Å². The van der Waals surface area contributed by atoms with Crippen LogP contribution in [0.25, 0.3) is 11.5 Å². The molecule has 0 unspecified atom stereocenters. The van der Waals surface area contributed by atoms with Crippen LogP contribution in [0, 0.1) is 6.92 Å². The third kappa shape index (κ3) is 4.46. The molecule has 1 aromatic heterocycles. The van der Waals surface area contributed by atoms with Gasteiger partial charge < -0.3 is 14.2 Å². The summed E-state index contributed by atoms with van der Waals surface area (Å²) in [7, 11) is 1.60. The Morgan fingerprint density at radius 2 is 1.86 bits per heavy atom. The van der Waals surface area contributed by atoms with Crippen molar-refractivity contribution in [1.82, 2.24) is 19.9 Å². The first-order valence-corrected chi connectivity index (χ1v) is 9.68. The van der Waals surface area contributed by atoms with Gasteiger partial charge in [-0.2, -0.15) is 4.98 Å². The number of rotatable bonds is 5. The van der Waals surface area contributed by atoms with Crippen LogP contribution in [0.1, 0.15) is 21.7 Å². The van der Waals surface area contributed by atoms with Crippen LogP contribution in [0.15, 0.2) is 53.1 Å². The number of nitrogens with zero attached hydrogens (tertiary/aromatic N) is 4. The van der Waals surface area contributed by atoms with Crippen LogP contribution in [0.3, 0.4) is 0 Å². The zero-order valence-electron chi connectivity index (χ0n) is 16.7. The molecule has 0 spiro atoms. The number of amides is 1. The molecule has 1 aliphatic rings. The lowest BCUT2D eigenvalue weighted by Crippen LogP contribution is -2.48. The molecule has 0 radical (unpaired) electrons. The Bertz CT molecular complexity index is 976. The van der Waals surface area contributed by atoms with Gasteiger partial charge in [0.1, 0.15) is 5.75 Å². The summed E-state index contributed by atoms with van der Waals surface area (Å²) < 4.78 is 10.6. The molecule has 7 heteroatoms. The second kappa shape index (κ2) is 8.45. The van der Waals surface area contributed by atoms with E-state index < -0.39 is 0 Å². The number of carbonyl (C=O) groups is 1. The molecule has 1 amide bonds. The first kappa shape index (κ1) is 19.1. The molecule has 3 aromatic rings. The Balaban J connectivity index is 1.33. The van der Waals surface area contributed by atoms with E-state index >= 15 is 0 Å². The maximum Gasteiger partial charge on any atom is 0.257 e. The highest BCUT2D eigenvalue weighted by Gasteiger charge is 2.23. The fourth-order valence-electron chi connectivity index (χ4n) is 3.38. The number of ether oxygens (including phenoxy) is 1. The van der Waals surface area contributed by atoms with Gasteiger partial charge in [0.15, 0.2) is 5.82 Å². The van der Waals surface area contributed by atoms with Crippen molar-refractivity contribution in [2.75, 3.05) is 33.3 Å². The molecule has 2 aromatic carbocycles. The second-order valence-corrected chi connectivity index (χ2v) is 7.18. The summed E-state index contributed by atoms with van der Waals surface area (Å²) in [5.41, 5.74) is 2.76. The monoisotopic (exact) mass is 392 g/mol. The van der Waals surface area contributed by atoms with Crippen molar-refractivity contribution >= 4 is 5.91 Å². The smallest absolute Gasteiger partial charge is 0.257 e. The number of benzene rings is 2. The molecule has 0 N–H and O–H groups in total. The predicted octanol–water partition coefficient (Wildman–Crippen LogP) is 3.01. The van der Waals surface area contributed by atoms with Crippen LogP contribution in [-0.4, -0.2) is 59.1 Å². The maximum absolute atomic E-state index is 12.7. The highest BCUT2D eigenvalue weighted by Crippen LogP contribution is 2.19. The Kier molecular flexibility index (Phi) is 5.57. The van der Waals surface area contributed by atoms with Crippen LogP contribution in [0.5, 0.6) is 5.75 Å². The van der Waals surface area contributed by atoms with E-state index in [0.29, 0.717) is 42.7 Å². The van der Waals surface area contributed by atoms with E-state index in [1.807, 2.05) is 54.3 Å². The highest BCUT2D eigenvalue weighted by atomic mass is 16.5. The van der Waals surface area contributed by atoms with Crippen molar-refractivity contribution in [3.05, 3.63) is 65.5 Å². The summed E-state index contributed by atoms with van der Waals surface area (Å²) in [4.78, 5) is 21.3. The summed E-state index contributed by atoms with van der Waals surface area (Å²) in [6, 6.07) is 15.3. The molecule has 1 aliphatic heterocycles. The van der Waals surface area contributed by atoms with E-state index in [9.17, 15) is 4.79 Å². The minimum Gasteiger partial charge on any atom is -0.497 e. The van der Waals surface area contributed by atoms with Gasteiger partial charge in [-0.25, -0.2) is 0 Å². The summed E-state index contributed by atoms with van der Waals surface area (Å²) >= 11 is 0. The summed E-state index contributed by atoms with van der Waals surface area (Å²) in [5, 5.41) is 4.11. The number of hydrogen-bond acceptors (Lipinski definition) is 6. The first-order chi connectivity index (χ1) is 14.1. The lowest BCUT2D eigenvalue weighted by molar-refractivity contribution is 0.0624. The van der Waals surface area contributed by atoms with E-state index in [4.69, 9.17) is 9.26 Å². The van der Waals surface area contributed by atoms with Gasteiger partial charge in [-0.15, -0.1) is 0 Å². The van der Waals surface area contributed by atoms with Crippen LogP contribution in [-0.2, 0) is 6.54 Å². The summed E-state index contributed by atoms with van der Waals surface area (Å²) in [5.74, 6) is 1.92. The van der Waals surface area contributed by atoms with E-state index in [0.717, 1.165) is 18.7 Å². The van der Waals surface area contributed by atoms with E-state index in [-0.39, 0.29) is 5.91 Å². The first-order valence-electron chi connectivity index (χ1n) is 9.68. The van der Waals surface area contributed by atoms with E-state index in [2.05, 4.69) is 15.0 Å². The van der Waals surface area contributed by atoms with E-state index in [1.165, 1.54) is 5.56 Å². The van der Waals surface area contributed by atoms with Crippen molar-refractivity contribution in [3.63, 3.8) is 0 Å². The van der Waals surface area contributed by atoms with Gasteiger partial charge in [0.25, 0.3) is 11.8 Å². The van der Waals surface area contributed by atoms with Gasteiger partial charge >= 0.3 is 0 Å². The number of aromatic nitrogens is 2. The van der Waals surface area contributed by atoms with Gasteiger partial charge in [-0.05, 0) is 37.3 Å². The Hall–Kier alpha value is -3.19. The van der Waals surface area contributed by atoms with Crippen molar-refractivity contribution in [2.24, 2.45) is 0 Å². The van der Waals surface area contributed by atoms with Gasteiger partial charge in [-0.3, -0.25) is 9.69 Å². The molecule has 2 heterocycles. The zero-order valence-corrected chi connectivity index (χ0v) is 16.7. The molecule has 0 atom stereocenters. The maximum atomic E-state index is 12.7. The number of methoxy groups -OCH3 is 1. The molecule has 1 saturated heterocycles. The Morgan fingerprint density at radius 3 is 2.59 bits per heavy atom. The molecule has 0 bridgehead atoms. The average Bonchev–Trinajstić information content (AvgIpc) is 3.23. The Morgan fingerprint density at radius 1 is 1.10 bits per heavy atom. The lowest BCUT2D eigenvalue weighted by atomic mass is 10.1. The molecular formula is C22H24N4O3. The van der Waals surface area contributed by atoms with Crippen LogP contribution in [0.2, 0.25) is 0 Å². The molecule has 29 heavy (non-hydrogen) atoms. The van der Waals surface area contributed by atoms with Crippen molar-refractivity contribution in [1.29, 1.82) is 0 Å². The minimum absolute atomic E-state index is 0.0322. The molecule has 0 saturated carbocycles. The molecule has 1 fully saturated rings. The van der Waals surface area contributed by atoms with Gasteiger partial charge in [-0.1, -0.05) is 28.9 Å². The van der Waals surface area contributed by atoms with Crippen molar-refractivity contribution < 1.29 is 14.1 Å². The average molecular weight is 392 g/mol. The van der Waals surface area contributed by atoms with Crippen LogP contribution < -0.4 is 4.74 Å². The van der Waals surface area contributed by atoms with Gasteiger partial charge in [0, 0.05) is 37.3 Å². The summed E-state index contributed by atoms with van der Waals surface area (Å²) in [6.45, 7) is 5.52.